The van der Waals surface area contributed by atoms with E-state index in [1.165, 1.54) is 42.5 Å². The summed E-state index contributed by atoms with van der Waals surface area (Å²) < 4.78 is 44.9. The van der Waals surface area contributed by atoms with E-state index < -0.39 is 11.7 Å². The van der Waals surface area contributed by atoms with Crippen LogP contribution in [0, 0.1) is 5.92 Å². The molecular weight excluding hydrogens is 369 g/mol. The van der Waals surface area contributed by atoms with Crippen LogP contribution >= 0.6 is 0 Å². The first-order valence-corrected chi connectivity index (χ1v) is 8.97. The van der Waals surface area contributed by atoms with Gasteiger partial charge in [0, 0.05) is 13.2 Å². The molecule has 1 aliphatic heterocycles. The third-order valence-electron chi connectivity index (χ3n) is 4.64. The third-order valence-corrected chi connectivity index (χ3v) is 4.64. The lowest BCUT2D eigenvalue weighted by Gasteiger charge is -2.18. The quantitative estimate of drug-likeness (QED) is 0.578. The standard InChI is InChI=1S/C21H21F3N2O2/c22-21(23,24)17-4-2-1-3-16(17)15-6-7-19(18(25)13-15)26-20(27)8-5-14-9-11-28-12-10-14/h1-8,13-14H,9-12,25H2,(H,26,27)/b8-5+. The highest BCUT2D eigenvalue weighted by molar-refractivity contribution is 6.01. The molecule has 2 aromatic rings. The number of hydrogen-bond acceptors (Lipinski definition) is 3. The summed E-state index contributed by atoms with van der Waals surface area (Å²) in [7, 11) is 0. The van der Waals surface area contributed by atoms with E-state index in [9.17, 15) is 18.0 Å². The van der Waals surface area contributed by atoms with E-state index in [1.807, 2.05) is 6.08 Å². The highest BCUT2D eigenvalue weighted by Crippen LogP contribution is 2.38. The Bertz CT molecular complexity index is 872. The maximum atomic E-state index is 13.2. The lowest BCUT2D eigenvalue weighted by molar-refractivity contribution is -0.137. The Kier molecular flexibility index (Phi) is 6.04. The Morgan fingerprint density at radius 3 is 2.54 bits per heavy atom. The Morgan fingerprint density at radius 1 is 1.14 bits per heavy atom. The van der Waals surface area contributed by atoms with Crippen molar-refractivity contribution in [3.8, 4) is 11.1 Å². The number of rotatable bonds is 4. The number of allylic oxidation sites excluding steroid dienone is 1. The molecular formula is C21H21F3N2O2. The molecule has 4 nitrogen and oxygen atoms in total. The summed E-state index contributed by atoms with van der Waals surface area (Å²) in [6, 6.07) is 9.76. The van der Waals surface area contributed by atoms with Crippen molar-refractivity contribution in [1.29, 1.82) is 0 Å². The van der Waals surface area contributed by atoms with Crippen molar-refractivity contribution in [2.75, 3.05) is 24.3 Å². The van der Waals surface area contributed by atoms with Gasteiger partial charge in [-0.3, -0.25) is 4.79 Å². The van der Waals surface area contributed by atoms with Crippen molar-refractivity contribution in [2.45, 2.75) is 19.0 Å². The molecule has 2 aromatic carbocycles. The van der Waals surface area contributed by atoms with Crippen LogP contribution in [0.3, 0.4) is 0 Å². The van der Waals surface area contributed by atoms with Crippen LogP contribution in [0.2, 0.25) is 0 Å². The Hall–Kier alpha value is -2.80. The molecule has 0 bridgehead atoms. The fraction of sp³-hybridized carbons (Fsp3) is 0.286. The van der Waals surface area contributed by atoms with Crippen LogP contribution in [0.1, 0.15) is 18.4 Å². The average Bonchev–Trinajstić information content (AvgIpc) is 2.68. The van der Waals surface area contributed by atoms with E-state index in [2.05, 4.69) is 5.32 Å². The number of amides is 1. The predicted molar refractivity (Wildman–Crippen MR) is 103 cm³/mol. The van der Waals surface area contributed by atoms with Crippen molar-refractivity contribution in [3.63, 3.8) is 0 Å². The fourth-order valence-electron chi connectivity index (χ4n) is 3.13. The Morgan fingerprint density at radius 2 is 1.86 bits per heavy atom. The normalized spacial score (nSPS) is 15.7. The molecule has 1 aliphatic rings. The summed E-state index contributed by atoms with van der Waals surface area (Å²) in [5.41, 5.74) is 6.17. The summed E-state index contributed by atoms with van der Waals surface area (Å²) in [4.78, 5) is 12.1. The number of ether oxygens (including phenoxy) is 1. The lowest BCUT2D eigenvalue weighted by atomic mass is 9.98. The van der Waals surface area contributed by atoms with Gasteiger partial charge in [0.2, 0.25) is 5.91 Å². The van der Waals surface area contributed by atoms with E-state index in [-0.39, 0.29) is 17.2 Å². The molecule has 28 heavy (non-hydrogen) atoms. The number of carbonyl (C=O) groups excluding carboxylic acids is 1. The van der Waals surface area contributed by atoms with Gasteiger partial charge in [0.15, 0.2) is 0 Å². The maximum Gasteiger partial charge on any atom is 0.417 e. The number of alkyl halides is 3. The van der Waals surface area contributed by atoms with Crippen molar-refractivity contribution >= 4 is 17.3 Å². The SMILES string of the molecule is Nc1cc(-c2ccccc2C(F)(F)F)ccc1NC(=O)/C=C/C1CCOCC1. The van der Waals surface area contributed by atoms with E-state index in [0.717, 1.165) is 18.9 Å². The monoisotopic (exact) mass is 390 g/mol. The van der Waals surface area contributed by atoms with Gasteiger partial charge >= 0.3 is 6.18 Å². The summed E-state index contributed by atoms with van der Waals surface area (Å²) in [6.45, 7) is 1.37. The first-order valence-electron chi connectivity index (χ1n) is 8.97. The van der Waals surface area contributed by atoms with Crippen LogP contribution in [0.15, 0.2) is 54.6 Å². The minimum absolute atomic E-state index is 0.0407. The van der Waals surface area contributed by atoms with Gasteiger partial charge in [-0.15, -0.1) is 0 Å². The molecule has 3 rings (SSSR count). The number of nitrogens with two attached hydrogens (primary N) is 1. The topological polar surface area (TPSA) is 64.3 Å². The summed E-state index contributed by atoms with van der Waals surface area (Å²) >= 11 is 0. The van der Waals surface area contributed by atoms with Crippen molar-refractivity contribution in [1.82, 2.24) is 0 Å². The molecule has 1 amide bonds. The van der Waals surface area contributed by atoms with Crippen LogP contribution in [-0.2, 0) is 15.7 Å². The Balaban J connectivity index is 1.74. The minimum atomic E-state index is -4.47. The first kappa shape index (κ1) is 19.9. The molecule has 148 valence electrons. The third kappa shape index (κ3) is 4.92. The summed E-state index contributed by atoms with van der Waals surface area (Å²) in [6.07, 6.45) is 0.593. The van der Waals surface area contributed by atoms with Crippen molar-refractivity contribution < 1.29 is 22.7 Å². The first-order chi connectivity index (χ1) is 13.3. The molecule has 0 radical (unpaired) electrons. The highest BCUT2D eigenvalue weighted by Gasteiger charge is 2.33. The van der Waals surface area contributed by atoms with Gasteiger partial charge in [-0.2, -0.15) is 13.2 Å². The lowest BCUT2D eigenvalue weighted by Crippen LogP contribution is -2.15. The predicted octanol–water partition coefficient (Wildman–Crippen LogP) is 4.88. The zero-order valence-corrected chi connectivity index (χ0v) is 15.1. The second kappa shape index (κ2) is 8.48. The van der Waals surface area contributed by atoms with Gasteiger partial charge in [-0.1, -0.05) is 30.3 Å². The highest BCUT2D eigenvalue weighted by atomic mass is 19.4. The molecule has 0 atom stereocenters. The summed E-state index contributed by atoms with van der Waals surface area (Å²) in [5.74, 6) is -0.0280. The Labute approximate surface area is 161 Å². The van der Waals surface area contributed by atoms with Crippen LogP contribution in [-0.4, -0.2) is 19.1 Å². The van der Waals surface area contributed by atoms with Crippen LogP contribution in [0.5, 0.6) is 0 Å². The summed E-state index contributed by atoms with van der Waals surface area (Å²) in [5, 5.41) is 2.67. The minimum Gasteiger partial charge on any atom is -0.397 e. The zero-order valence-electron chi connectivity index (χ0n) is 15.1. The molecule has 0 aliphatic carbocycles. The number of nitrogen functional groups attached to an aromatic ring is 1. The maximum absolute atomic E-state index is 13.2. The second-order valence-corrected chi connectivity index (χ2v) is 6.64. The number of anilines is 2. The van der Waals surface area contributed by atoms with Crippen LogP contribution in [0.25, 0.3) is 11.1 Å². The van der Waals surface area contributed by atoms with Gasteiger partial charge in [0.1, 0.15) is 0 Å². The number of hydrogen-bond donors (Lipinski definition) is 2. The van der Waals surface area contributed by atoms with E-state index in [4.69, 9.17) is 10.5 Å². The van der Waals surface area contributed by atoms with Gasteiger partial charge in [-0.05, 0) is 54.2 Å². The van der Waals surface area contributed by atoms with E-state index in [0.29, 0.717) is 30.4 Å². The second-order valence-electron chi connectivity index (χ2n) is 6.64. The van der Waals surface area contributed by atoms with Crippen LogP contribution < -0.4 is 11.1 Å². The molecule has 1 saturated heterocycles. The largest absolute Gasteiger partial charge is 0.417 e. The van der Waals surface area contributed by atoms with Crippen molar-refractivity contribution in [3.05, 3.63) is 60.2 Å². The number of halogens is 3. The number of carbonyl (C=O) groups is 1. The number of nitrogens with one attached hydrogen (secondary N) is 1. The average molecular weight is 390 g/mol. The van der Waals surface area contributed by atoms with Gasteiger partial charge in [0.25, 0.3) is 0 Å². The fourth-order valence-corrected chi connectivity index (χ4v) is 3.13. The molecule has 0 unspecified atom stereocenters. The van der Waals surface area contributed by atoms with E-state index in [1.54, 1.807) is 0 Å². The van der Waals surface area contributed by atoms with Gasteiger partial charge in [0.05, 0.1) is 16.9 Å². The molecule has 0 saturated carbocycles. The molecule has 0 spiro atoms. The zero-order chi connectivity index (χ0) is 20.1. The van der Waals surface area contributed by atoms with Crippen molar-refractivity contribution in [2.24, 2.45) is 5.92 Å². The van der Waals surface area contributed by atoms with Gasteiger partial charge in [-0.25, -0.2) is 0 Å². The molecule has 1 heterocycles. The molecule has 7 heteroatoms. The molecule has 1 fully saturated rings. The van der Waals surface area contributed by atoms with Gasteiger partial charge < -0.3 is 15.8 Å². The van der Waals surface area contributed by atoms with Crippen LogP contribution in [0.4, 0.5) is 24.5 Å². The van der Waals surface area contributed by atoms with E-state index >= 15 is 0 Å². The number of benzene rings is 2. The molecule has 0 aromatic heterocycles. The smallest absolute Gasteiger partial charge is 0.397 e. The molecule has 3 N–H and O–H groups in total.